The molecule has 0 radical (unpaired) electrons. The second-order valence-electron chi connectivity index (χ2n) is 7.86. The Hall–Kier alpha value is -3.36. The number of amides is 2. The molecule has 0 saturated carbocycles. The van der Waals surface area contributed by atoms with E-state index in [1.54, 1.807) is 7.11 Å². The second-order valence-corrected chi connectivity index (χ2v) is 9.86. The van der Waals surface area contributed by atoms with Gasteiger partial charge in [-0.2, -0.15) is 0 Å². The monoisotopic (exact) mass is 491 g/mol. The summed E-state index contributed by atoms with van der Waals surface area (Å²) in [6.45, 7) is 4.04. The number of thiophene rings is 1. The number of para-hydroxylation sites is 1. The lowest BCUT2D eigenvalue weighted by atomic mass is 10.0. The van der Waals surface area contributed by atoms with Crippen LogP contribution >= 0.6 is 23.1 Å². The molecule has 0 aliphatic heterocycles. The van der Waals surface area contributed by atoms with Gasteiger partial charge in [0.1, 0.15) is 16.3 Å². The molecular formula is C26H25N3O3S2. The first-order valence-corrected chi connectivity index (χ1v) is 12.6. The fourth-order valence-electron chi connectivity index (χ4n) is 3.68. The van der Waals surface area contributed by atoms with Gasteiger partial charge in [0.2, 0.25) is 5.91 Å². The maximum atomic E-state index is 12.6. The number of thioether (sulfide) groups is 1. The third-order valence-electron chi connectivity index (χ3n) is 5.44. The van der Waals surface area contributed by atoms with Gasteiger partial charge in [-0.05, 0) is 37.1 Å². The Kier molecular flexibility index (Phi) is 7.19. The van der Waals surface area contributed by atoms with Crippen molar-refractivity contribution in [3.63, 3.8) is 0 Å². The van der Waals surface area contributed by atoms with Gasteiger partial charge in [-0.15, -0.1) is 23.1 Å². The first-order chi connectivity index (χ1) is 16.4. The number of benzene rings is 2. The Morgan fingerprint density at radius 2 is 1.91 bits per heavy atom. The van der Waals surface area contributed by atoms with Gasteiger partial charge in [-0.1, -0.05) is 42.0 Å². The molecule has 0 bridgehead atoms. The van der Waals surface area contributed by atoms with E-state index in [0.29, 0.717) is 16.3 Å². The average molecular weight is 492 g/mol. The Bertz CT molecular complexity index is 1360. The zero-order valence-corrected chi connectivity index (χ0v) is 20.8. The van der Waals surface area contributed by atoms with E-state index < -0.39 is 5.91 Å². The van der Waals surface area contributed by atoms with Crippen molar-refractivity contribution >= 4 is 50.8 Å². The molecule has 0 atom stereocenters. The minimum absolute atomic E-state index is 0.178. The predicted molar refractivity (Wildman–Crippen MR) is 140 cm³/mol. The smallest absolute Gasteiger partial charge is 0.252 e. The van der Waals surface area contributed by atoms with Crippen LogP contribution in [-0.4, -0.2) is 29.7 Å². The zero-order chi connectivity index (χ0) is 24.2. The highest BCUT2D eigenvalue weighted by Gasteiger charge is 2.19. The van der Waals surface area contributed by atoms with Gasteiger partial charge in [-0.3, -0.25) is 9.59 Å². The summed E-state index contributed by atoms with van der Waals surface area (Å²) in [6, 6.07) is 15.7. The molecule has 0 spiro atoms. The first kappa shape index (κ1) is 23.8. The molecule has 0 saturated heterocycles. The number of anilines is 1. The van der Waals surface area contributed by atoms with Crippen LogP contribution in [0.1, 0.15) is 27.9 Å². The largest absolute Gasteiger partial charge is 0.494 e. The molecule has 8 heteroatoms. The van der Waals surface area contributed by atoms with Crippen molar-refractivity contribution in [2.45, 2.75) is 25.3 Å². The Balaban J connectivity index is 1.44. The van der Waals surface area contributed by atoms with E-state index in [-0.39, 0.29) is 12.3 Å². The highest BCUT2D eigenvalue weighted by molar-refractivity contribution is 7.99. The lowest BCUT2D eigenvalue weighted by molar-refractivity contribution is -0.115. The van der Waals surface area contributed by atoms with E-state index in [2.05, 4.69) is 5.32 Å². The third kappa shape index (κ3) is 5.08. The van der Waals surface area contributed by atoms with E-state index in [0.717, 1.165) is 43.9 Å². The zero-order valence-electron chi connectivity index (χ0n) is 19.2. The maximum Gasteiger partial charge on any atom is 0.252 e. The van der Waals surface area contributed by atoms with E-state index in [1.165, 1.54) is 23.1 Å². The number of aryl methyl sites for hydroxylation is 2. The minimum Gasteiger partial charge on any atom is -0.494 e. The summed E-state index contributed by atoms with van der Waals surface area (Å²) in [6.07, 6.45) is 0.269. The molecule has 34 heavy (non-hydrogen) atoms. The van der Waals surface area contributed by atoms with Crippen LogP contribution in [0.3, 0.4) is 0 Å². The summed E-state index contributed by atoms with van der Waals surface area (Å²) in [5, 5.41) is 7.07. The first-order valence-electron chi connectivity index (χ1n) is 10.7. The van der Waals surface area contributed by atoms with Gasteiger partial charge in [-0.25, -0.2) is 4.98 Å². The fraction of sp³-hybridized carbons (Fsp3) is 0.192. The molecular weight excluding hydrogens is 466 g/mol. The van der Waals surface area contributed by atoms with Gasteiger partial charge in [0.25, 0.3) is 5.91 Å². The normalized spacial score (nSPS) is 10.9. The molecule has 0 fully saturated rings. The summed E-state index contributed by atoms with van der Waals surface area (Å²) in [5.74, 6) is 0.525. The molecule has 174 valence electrons. The molecule has 0 unspecified atom stereocenters. The van der Waals surface area contributed by atoms with Crippen LogP contribution in [0.2, 0.25) is 0 Å². The minimum atomic E-state index is -0.564. The quantitative estimate of drug-likeness (QED) is 0.303. The predicted octanol–water partition coefficient (Wildman–Crippen LogP) is 5.81. The van der Waals surface area contributed by atoms with Crippen LogP contribution in [-0.2, 0) is 4.79 Å². The fourth-order valence-corrected chi connectivity index (χ4v) is 5.58. The SMILES string of the molecule is COc1cccc2c(C)cc(SCCC(=O)Nc3scc(-c4ccc(C)cc4)c3C(N)=O)nc12. The number of ether oxygens (including phenoxy) is 1. The van der Waals surface area contributed by atoms with E-state index in [4.69, 9.17) is 15.5 Å². The summed E-state index contributed by atoms with van der Waals surface area (Å²) >= 11 is 2.81. The summed E-state index contributed by atoms with van der Waals surface area (Å²) in [5.41, 5.74) is 10.7. The van der Waals surface area contributed by atoms with Crippen molar-refractivity contribution in [3.05, 3.63) is 70.6 Å². The molecule has 2 aromatic carbocycles. The lowest BCUT2D eigenvalue weighted by Gasteiger charge is -2.10. The number of nitrogens with one attached hydrogen (secondary N) is 1. The number of pyridine rings is 1. The number of hydrogen-bond acceptors (Lipinski definition) is 6. The van der Waals surface area contributed by atoms with E-state index in [9.17, 15) is 9.59 Å². The van der Waals surface area contributed by atoms with Crippen LogP contribution in [0.5, 0.6) is 5.75 Å². The van der Waals surface area contributed by atoms with Gasteiger partial charge in [0.15, 0.2) is 0 Å². The number of carbonyl (C=O) groups is 2. The van der Waals surface area contributed by atoms with Crippen LogP contribution in [0.15, 0.2) is 58.9 Å². The van der Waals surface area contributed by atoms with Crippen LogP contribution in [0, 0.1) is 13.8 Å². The lowest BCUT2D eigenvalue weighted by Crippen LogP contribution is -2.17. The highest BCUT2D eigenvalue weighted by atomic mass is 32.2. The number of primary amides is 1. The summed E-state index contributed by atoms with van der Waals surface area (Å²) in [4.78, 5) is 29.5. The van der Waals surface area contributed by atoms with Crippen molar-refractivity contribution in [1.29, 1.82) is 0 Å². The molecule has 4 aromatic rings. The molecule has 4 rings (SSSR count). The number of methoxy groups -OCH3 is 1. The molecule has 0 aliphatic carbocycles. The van der Waals surface area contributed by atoms with Gasteiger partial charge in [0, 0.05) is 28.5 Å². The van der Waals surface area contributed by atoms with E-state index in [1.807, 2.05) is 67.8 Å². The average Bonchev–Trinajstić information content (AvgIpc) is 3.23. The van der Waals surface area contributed by atoms with Crippen LogP contribution in [0.4, 0.5) is 5.00 Å². The number of fused-ring (bicyclic) bond motifs is 1. The number of nitrogens with zero attached hydrogens (tertiary/aromatic N) is 1. The topological polar surface area (TPSA) is 94.3 Å². The Morgan fingerprint density at radius 1 is 1.15 bits per heavy atom. The van der Waals surface area contributed by atoms with E-state index >= 15 is 0 Å². The molecule has 3 N–H and O–H groups in total. The maximum absolute atomic E-state index is 12.6. The second kappa shape index (κ2) is 10.3. The molecule has 2 heterocycles. The van der Waals surface area contributed by atoms with Crippen LogP contribution < -0.4 is 15.8 Å². The number of rotatable bonds is 8. The summed E-state index contributed by atoms with van der Waals surface area (Å²) in [7, 11) is 1.63. The number of aromatic nitrogens is 1. The summed E-state index contributed by atoms with van der Waals surface area (Å²) < 4.78 is 5.44. The van der Waals surface area contributed by atoms with Gasteiger partial charge in [0.05, 0.1) is 17.7 Å². The van der Waals surface area contributed by atoms with Crippen molar-refractivity contribution in [1.82, 2.24) is 4.98 Å². The molecule has 2 aromatic heterocycles. The van der Waals surface area contributed by atoms with Crippen molar-refractivity contribution in [3.8, 4) is 16.9 Å². The number of nitrogens with two attached hydrogens (primary N) is 1. The van der Waals surface area contributed by atoms with Crippen LogP contribution in [0.25, 0.3) is 22.0 Å². The Morgan fingerprint density at radius 3 is 2.62 bits per heavy atom. The third-order valence-corrected chi connectivity index (χ3v) is 7.25. The Labute approximate surface area is 206 Å². The van der Waals surface area contributed by atoms with Crippen molar-refractivity contribution in [2.24, 2.45) is 5.73 Å². The number of hydrogen-bond donors (Lipinski definition) is 2. The molecule has 0 aliphatic rings. The molecule has 6 nitrogen and oxygen atoms in total. The standard InChI is InChI=1S/C26H25N3O3S2/c1-15-7-9-17(10-8-15)19-14-34-26(23(19)25(27)31)28-21(30)11-12-33-22-13-16(2)18-5-4-6-20(32-3)24(18)29-22/h4-10,13-14H,11-12H2,1-3H3,(H2,27,31)(H,28,30). The highest BCUT2D eigenvalue weighted by Crippen LogP contribution is 2.36. The van der Waals surface area contributed by atoms with Gasteiger partial charge < -0.3 is 15.8 Å². The van der Waals surface area contributed by atoms with Crippen molar-refractivity contribution in [2.75, 3.05) is 18.2 Å². The van der Waals surface area contributed by atoms with Crippen molar-refractivity contribution < 1.29 is 14.3 Å². The molecule has 2 amide bonds. The number of carbonyl (C=O) groups excluding carboxylic acids is 2. The van der Waals surface area contributed by atoms with Gasteiger partial charge >= 0.3 is 0 Å².